The number of aromatic nitrogens is 2. The molecule has 1 N–H and O–H groups in total. The first-order valence-corrected chi connectivity index (χ1v) is 14.8. The van der Waals surface area contributed by atoms with Crippen LogP contribution < -0.4 is 0 Å². The standard InChI is InChI=1S/C33H42N4O4/c1-33(2,3)41-32(40)35-19-20-36(26(22-35)21-24-13-7-4-8-14-24)31(39)29-30(25-15-9-5-10-16-25)37(23-34-29)27-17-11-6-12-18-28(27)38/h4-5,7-10,13-16,23,26-28,38H,6,11-12,17-22H2,1-3H3/t26-,27?,28+/m1/s1. The van der Waals surface area contributed by atoms with Gasteiger partial charge in [-0.05, 0) is 45.6 Å². The maximum atomic E-state index is 14.4. The number of amides is 2. The van der Waals surface area contributed by atoms with Crippen LogP contribution in [0.15, 0.2) is 67.0 Å². The largest absolute Gasteiger partial charge is 0.444 e. The average molecular weight is 559 g/mol. The molecule has 8 nitrogen and oxygen atoms in total. The minimum Gasteiger partial charge on any atom is -0.444 e. The predicted molar refractivity (Wildman–Crippen MR) is 159 cm³/mol. The van der Waals surface area contributed by atoms with Gasteiger partial charge in [-0.3, -0.25) is 4.79 Å². The van der Waals surface area contributed by atoms with E-state index in [9.17, 15) is 14.7 Å². The summed E-state index contributed by atoms with van der Waals surface area (Å²) in [6.45, 7) is 6.71. The summed E-state index contributed by atoms with van der Waals surface area (Å²) in [7, 11) is 0. The summed E-state index contributed by atoms with van der Waals surface area (Å²) in [4.78, 5) is 35.7. The van der Waals surface area contributed by atoms with Gasteiger partial charge in [0.2, 0.25) is 0 Å². The molecule has 1 aliphatic heterocycles. The van der Waals surface area contributed by atoms with Crippen LogP contribution >= 0.6 is 0 Å². The van der Waals surface area contributed by atoms with Crippen molar-refractivity contribution in [3.05, 3.63) is 78.2 Å². The first-order chi connectivity index (χ1) is 19.7. The number of aliphatic hydroxyl groups is 1. The van der Waals surface area contributed by atoms with Gasteiger partial charge in [-0.25, -0.2) is 9.78 Å². The fourth-order valence-electron chi connectivity index (χ4n) is 6.06. The predicted octanol–water partition coefficient (Wildman–Crippen LogP) is 5.72. The van der Waals surface area contributed by atoms with Crippen LogP contribution in [0.25, 0.3) is 11.3 Å². The highest BCUT2D eigenvalue weighted by atomic mass is 16.6. The summed E-state index contributed by atoms with van der Waals surface area (Å²) in [6, 6.07) is 19.5. The number of hydrogen-bond donors (Lipinski definition) is 1. The Morgan fingerprint density at radius 3 is 2.34 bits per heavy atom. The normalized spacial score (nSPS) is 21.8. The van der Waals surface area contributed by atoms with Crippen molar-refractivity contribution < 1.29 is 19.4 Å². The van der Waals surface area contributed by atoms with Gasteiger partial charge in [0.1, 0.15) is 5.60 Å². The molecular formula is C33H42N4O4. The molecule has 2 fully saturated rings. The van der Waals surface area contributed by atoms with E-state index in [4.69, 9.17) is 9.72 Å². The Balaban J connectivity index is 1.49. The van der Waals surface area contributed by atoms with E-state index in [-0.39, 0.29) is 24.1 Å². The molecule has 2 heterocycles. The van der Waals surface area contributed by atoms with Gasteiger partial charge in [0.15, 0.2) is 5.69 Å². The van der Waals surface area contributed by atoms with Gasteiger partial charge in [-0.2, -0.15) is 0 Å². The maximum absolute atomic E-state index is 14.4. The molecular weight excluding hydrogens is 516 g/mol. The minimum absolute atomic E-state index is 0.133. The second kappa shape index (κ2) is 12.5. The zero-order chi connectivity index (χ0) is 29.0. The highest BCUT2D eigenvalue weighted by Crippen LogP contribution is 2.34. The van der Waals surface area contributed by atoms with Crippen molar-refractivity contribution in [3.63, 3.8) is 0 Å². The second-order valence-electron chi connectivity index (χ2n) is 12.3. The van der Waals surface area contributed by atoms with Crippen molar-refractivity contribution in [2.75, 3.05) is 19.6 Å². The molecule has 8 heteroatoms. The molecule has 41 heavy (non-hydrogen) atoms. The number of benzene rings is 2. The smallest absolute Gasteiger partial charge is 0.410 e. The highest BCUT2D eigenvalue weighted by molar-refractivity contribution is 5.98. The summed E-state index contributed by atoms with van der Waals surface area (Å²) in [6.07, 6.45) is 6.21. The van der Waals surface area contributed by atoms with Crippen molar-refractivity contribution >= 4 is 12.0 Å². The molecule has 1 unspecified atom stereocenters. The van der Waals surface area contributed by atoms with Crippen molar-refractivity contribution in [1.82, 2.24) is 19.4 Å². The van der Waals surface area contributed by atoms with Crippen molar-refractivity contribution in [2.45, 2.75) is 83.1 Å². The summed E-state index contributed by atoms with van der Waals surface area (Å²) in [5, 5.41) is 11.0. The van der Waals surface area contributed by atoms with Crippen LogP contribution in [0.1, 0.15) is 75.0 Å². The van der Waals surface area contributed by atoms with E-state index in [2.05, 4.69) is 0 Å². The lowest BCUT2D eigenvalue weighted by molar-refractivity contribution is 0.00429. The number of imidazole rings is 1. The third kappa shape index (κ3) is 6.81. The van der Waals surface area contributed by atoms with Gasteiger partial charge >= 0.3 is 6.09 Å². The molecule has 3 atom stereocenters. The van der Waals surface area contributed by atoms with E-state index in [0.717, 1.165) is 48.9 Å². The first-order valence-electron chi connectivity index (χ1n) is 14.8. The third-order valence-electron chi connectivity index (χ3n) is 8.05. The molecule has 0 bridgehead atoms. The fourth-order valence-corrected chi connectivity index (χ4v) is 6.06. The van der Waals surface area contributed by atoms with E-state index >= 15 is 0 Å². The topological polar surface area (TPSA) is 87.9 Å². The van der Waals surface area contributed by atoms with E-state index in [0.29, 0.717) is 31.7 Å². The van der Waals surface area contributed by atoms with Gasteiger partial charge in [-0.1, -0.05) is 79.9 Å². The lowest BCUT2D eigenvalue weighted by Crippen LogP contribution is -2.58. The molecule has 2 amide bonds. The first kappa shape index (κ1) is 28.9. The number of carbonyl (C=O) groups is 2. The zero-order valence-corrected chi connectivity index (χ0v) is 24.4. The van der Waals surface area contributed by atoms with Gasteiger partial charge in [0.05, 0.1) is 30.2 Å². The average Bonchev–Trinajstić information content (AvgIpc) is 3.28. The third-order valence-corrected chi connectivity index (χ3v) is 8.05. The molecule has 1 saturated heterocycles. The van der Waals surface area contributed by atoms with Crippen molar-refractivity contribution in [2.24, 2.45) is 0 Å². The zero-order valence-electron chi connectivity index (χ0n) is 24.4. The van der Waals surface area contributed by atoms with Gasteiger partial charge in [0, 0.05) is 25.2 Å². The highest BCUT2D eigenvalue weighted by Gasteiger charge is 2.37. The molecule has 2 aliphatic rings. The summed E-state index contributed by atoms with van der Waals surface area (Å²) in [5.41, 5.74) is 2.53. The Hall–Kier alpha value is -3.65. The summed E-state index contributed by atoms with van der Waals surface area (Å²) in [5.74, 6) is -0.157. The Bertz CT molecular complexity index is 1320. The molecule has 5 rings (SSSR count). The van der Waals surface area contributed by atoms with Crippen LogP contribution in [0, 0.1) is 0 Å². The summed E-state index contributed by atoms with van der Waals surface area (Å²) < 4.78 is 7.70. The quantitative estimate of drug-likeness (QED) is 0.405. The monoisotopic (exact) mass is 558 g/mol. The number of piperazine rings is 1. The van der Waals surface area contributed by atoms with E-state index in [1.54, 1.807) is 11.2 Å². The van der Waals surface area contributed by atoms with Gasteiger partial charge in [0.25, 0.3) is 5.91 Å². The number of hydrogen-bond acceptors (Lipinski definition) is 5. The van der Waals surface area contributed by atoms with Crippen molar-refractivity contribution in [1.29, 1.82) is 0 Å². The molecule has 1 aromatic heterocycles. The Morgan fingerprint density at radius 2 is 1.63 bits per heavy atom. The molecule has 218 valence electrons. The van der Waals surface area contributed by atoms with Gasteiger partial charge < -0.3 is 24.2 Å². The van der Waals surface area contributed by atoms with E-state index in [1.165, 1.54) is 0 Å². The molecule has 0 spiro atoms. The molecule has 1 aliphatic carbocycles. The molecule has 1 saturated carbocycles. The van der Waals surface area contributed by atoms with Crippen LogP contribution in [0.2, 0.25) is 0 Å². The number of rotatable bonds is 5. The van der Waals surface area contributed by atoms with Crippen LogP contribution in [-0.2, 0) is 11.2 Å². The van der Waals surface area contributed by atoms with Crippen molar-refractivity contribution in [3.8, 4) is 11.3 Å². The summed E-state index contributed by atoms with van der Waals surface area (Å²) >= 11 is 0. The number of nitrogens with zero attached hydrogens (tertiary/aromatic N) is 4. The SMILES string of the molecule is CC(C)(C)OC(=O)N1CCN(C(=O)c2ncn(C3CCCCC[C@@H]3O)c2-c2ccccc2)[C@H](Cc2ccccc2)C1. The fraction of sp³-hybridized carbons (Fsp3) is 0.485. The van der Waals surface area contributed by atoms with Crippen LogP contribution in [0.3, 0.4) is 0 Å². The second-order valence-corrected chi connectivity index (χ2v) is 12.3. The van der Waals surface area contributed by atoms with Gasteiger partial charge in [-0.15, -0.1) is 0 Å². The Kier molecular flexibility index (Phi) is 8.78. The van der Waals surface area contributed by atoms with Crippen LogP contribution in [0.5, 0.6) is 0 Å². The Labute approximate surface area is 242 Å². The Morgan fingerprint density at radius 1 is 0.951 bits per heavy atom. The maximum Gasteiger partial charge on any atom is 0.410 e. The lowest BCUT2D eigenvalue weighted by atomic mass is 10.0. The molecule has 2 aromatic carbocycles. The van der Waals surface area contributed by atoms with Crippen LogP contribution in [0.4, 0.5) is 4.79 Å². The van der Waals surface area contributed by atoms with E-state index < -0.39 is 11.7 Å². The van der Waals surface area contributed by atoms with E-state index in [1.807, 2.05) is 90.9 Å². The number of aliphatic hydroxyl groups excluding tert-OH is 1. The van der Waals surface area contributed by atoms with Crippen LogP contribution in [-0.4, -0.2) is 73.8 Å². The lowest BCUT2D eigenvalue weighted by Gasteiger charge is -2.41. The molecule has 3 aromatic rings. The number of ether oxygens (including phenoxy) is 1. The molecule has 0 radical (unpaired) electrons. The minimum atomic E-state index is -0.598. The number of carbonyl (C=O) groups excluding carboxylic acids is 2.